The van der Waals surface area contributed by atoms with Gasteiger partial charge in [-0.25, -0.2) is 0 Å². The maximum Gasteiger partial charge on any atom is 0.157 e. The molecule has 4 nitrogen and oxygen atoms in total. The van der Waals surface area contributed by atoms with Crippen LogP contribution in [0.2, 0.25) is 0 Å². The summed E-state index contributed by atoms with van der Waals surface area (Å²) in [6.45, 7) is 2.17. The predicted molar refractivity (Wildman–Crippen MR) is 70.9 cm³/mol. The molecular weight excluding hydrogens is 226 g/mol. The molecule has 1 saturated heterocycles. The van der Waals surface area contributed by atoms with Gasteiger partial charge in [0.1, 0.15) is 0 Å². The van der Waals surface area contributed by atoms with E-state index < -0.39 is 0 Å². The summed E-state index contributed by atoms with van der Waals surface area (Å²) in [5, 5.41) is 7.88. The van der Waals surface area contributed by atoms with Crippen LogP contribution in [0.5, 0.6) is 5.75 Å². The lowest BCUT2D eigenvalue weighted by Gasteiger charge is -2.23. The van der Waals surface area contributed by atoms with Crippen molar-refractivity contribution in [3.8, 4) is 5.75 Å². The smallest absolute Gasteiger partial charge is 0.157 e. The molecular formula is C14H23N3O. The fraction of sp³-hybridized carbons (Fsp3) is 0.786. The molecule has 1 aromatic rings. The van der Waals surface area contributed by atoms with Crippen LogP contribution in [0.15, 0.2) is 12.4 Å². The van der Waals surface area contributed by atoms with E-state index in [-0.39, 0.29) is 0 Å². The minimum Gasteiger partial charge on any atom is -0.487 e. The molecule has 0 aromatic carbocycles. The van der Waals surface area contributed by atoms with E-state index in [0.717, 1.165) is 18.8 Å². The maximum absolute atomic E-state index is 6.02. The zero-order valence-corrected chi connectivity index (χ0v) is 11.0. The van der Waals surface area contributed by atoms with Crippen LogP contribution in [-0.2, 0) is 0 Å². The summed E-state index contributed by atoms with van der Waals surface area (Å²) in [7, 11) is 0. The highest BCUT2D eigenvalue weighted by molar-refractivity contribution is 5.13. The van der Waals surface area contributed by atoms with E-state index in [4.69, 9.17) is 4.74 Å². The third-order valence-electron chi connectivity index (χ3n) is 4.08. The predicted octanol–water partition coefficient (Wildman–Crippen LogP) is 2.52. The molecule has 0 bridgehead atoms. The van der Waals surface area contributed by atoms with Crippen molar-refractivity contribution >= 4 is 0 Å². The van der Waals surface area contributed by atoms with Crippen LogP contribution in [0.1, 0.15) is 51.0 Å². The summed E-state index contributed by atoms with van der Waals surface area (Å²) >= 11 is 0. The van der Waals surface area contributed by atoms with Gasteiger partial charge in [-0.2, -0.15) is 5.10 Å². The molecule has 1 aliphatic carbocycles. The summed E-state index contributed by atoms with van der Waals surface area (Å²) in [6, 6.07) is 0.502. The van der Waals surface area contributed by atoms with Crippen LogP contribution >= 0.6 is 0 Å². The van der Waals surface area contributed by atoms with Gasteiger partial charge in [0.2, 0.25) is 0 Å². The average molecular weight is 249 g/mol. The van der Waals surface area contributed by atoms with Crippen LogP contribution in [-0.4, -0.2) is 29.0 Å². The molecule has 1 unspecified atom stereocenters. The van der Waals surface area contributed by atoms with Crippen LogP contribution in [0.25, 0.3) is 0 Å². The highest BCUT2D eigenvalue weighted by Gasteiger charge is 2.18. The second kappa shape index (κ2) is 5.74. The Morgan fingerprint density at radius 1 is 1.17 bits per heavy atom. The first kappa shape index (κ1) is 12.0. The fourth-order valence-electron chi connectivity index (χ4n) is 3.02. The SMILES string of the molecule is c1nn(C2CCCNC2)cc1OC1CCCCC1. The number of ether oxygens (including phenoxy) is 1. The highest BCUT2D eigenvalue weighted by atomic mass is 16.5. The minimum atomic E-state index is 0.417. The summed E-state index contributed by atoms with van der Waals surface area (Å²) in [4.78, 5) is 0. The van der Waals surface area contributed by atoms with Crippen LogP contribution in [0, 0.1) is 0 Å². The lowest BCUT2D eigenvalue weighted by atomic mass is 9.98. The molecule has 100 valence electrons. The van der Waals surface area contributed by atoms with Crippen molar-refractivity contribution < 1.29 is 4.74 Å². The first-order chi connectivity index (χ1) is 8.92. The van der Waals surface area contributed by atoms with Gasteiger partial charge in [0.25, 0.3) is 0 Å². The van der Waals surface area contributed by atoms with Crippen molar-refractivity contribution in [2.45, 2.75) is 57.1 Å². The molecule has 1 atom stereocenters. The highest BCUT2D eigenvalue weighted by Crippen LogP contribution is 2.24. The number of nitrogens with zero attached hydrogens (tertiary/aromatic N) is 2. The van der Waals surface area contributed by atoms with E-state index in [1.54, 1.807) is 0 Å². The molecule has 1 N–H and O–H groups in total. The summed E-state index contributed by atoms with van der Waals surface area (Å²) in [5.41, 5.74) is 0. The van der Waals surface area contributed by atoms with Crippen molar-refractivity contribution in [1.29, 1.82) is 0 Å². The maximum atomic E-state index is 6.02. The molecule has 2 fully saturated rings. The lowest BCUT2D eigenvalue weighted by Crippen LogP contribution is -2.31. The van der Waals surface area contributed by atoms with E-state index in [1.165, 1.54) is 44.9 Å². The monoisotopic (exact) mass is 249 g/mol. The Labute approximate surface area is 109 Å². The quantitative estimate of drug-likeness (QED) is 0.894. The van der Waals surface area contributed by atoms with Gasteiger partial charge in [-0.1, -0.05) is 6.42 Å². The van der Waals surface area contributed by atoms with Gasteiger partial charge in [0, 0.05) is 6.54 Å². The number of rotatable bonds is 3. The van der Waals surface area contributed by atoms with Gasteiger partial charge >= 0.3 is 0 Å². The number of hydrogen-bond donors (Lipinski definition) is 1. The second-order valence-electron chi connectivity index (χ2n) is 5.53. The number of nitrogens with one attached hydrogen (secondary N) is 1. The Bertz CT molecular complexity index is 365. The van der Waals surface area contributed by atoms with E-state index in [2.05, 4.69) is 21.3 Å². The summed E-state index contributed by atoms with van der Waals surface area (Å²) in [6.07, 6.45) is 13.2. The van der Waals surface area contributed by atoms with Crippen molar-refractivity contribution in [2.75, 3.05) is 13.1 Å². The summed E-state index contributed by atoms with van der Waals surface area (Å²) < 4.78 is 8.10. The second-order valence-corrected chi connectivity index (χ2v) is 5.53. The third kappa shape index (κ3) is 2.86. The standard InChI is InChI=1S/C14H23N3O/c1-2-6-13(7-3-1)18-14-10-16-17(11-14)12-5-4-8-15-9-12/h10-13,15H,1-9H2. The van der Waals surface area contributed by atoms with E-state index in [9.17, 15) is 0 Å². The zero-order chi connectivity index (χ0) is 12.2. The third-order valence-corrected chi connectivity index (χ3v) is 4.08. The molecule has 3 rings (SSSR count). The Hall–Kier alpha value is -1.03. The van der Waals surface area contributed by atoms with Gasteiger partial charge in [-0.3, -0.25) is 4.68 Å². The molecule has 1 aliphatic heterocycles. The van der Waals surface area contributed by atoms with Crippen molar-refractivity contribution in [1.82, 2.24) is 15.1 Å². The molecule has 4 heteroatoms. The normalized spacial score (nSPS) is 26.1. The number of piperidine rings is 1. The van der Waals surface area contributed by atoms with Crippen LogP contribution in [0.3, 0.4) is 0 Å². The van der Waals surface area contributed by atoms with E-state index in [1.807, 2.05) is 6.20 Å². The van der Waals surface area contributed by atoms with E-state index in [0.29, 0.717) is 12.1 Å². The molecule has 1 aromatic heterocycles. The van der Waals surface area contributed by atoms with Gasteiger partial charge in [-0.15, -0.1) is 0 Å². The Kier molecular flexibility index (Phi) is 3.84. The number of hydrogen-bond acceptors (Lipinski definition) is 3. The van der Waals surface area contributed by atoms with Crippen LogP contribution < -0.4 is 10.1 Å². The van der Waals surface area contributed by atoms with Gasteiger partial charge < -0.3 is 10.1 Å². The number of aromatic nitrogens is 2. The van der Waals surface area contributed by atoms with Gasteiger partial charge in [-0.05, 0) is 45.1 Å². The van der Waals surface area contributed by atoms with Crippen molar-refractivity contribution in [2.24, 2.45) is 0 Å². The molecule has 0 radical (unpaired) electrons. The van der Waals surface area contributed by atoms with Crippen LogP contribution in [0.4, 0.5) is 0 Å². The Morgan fingerprint density at radius 3 is 2.83 bits per heavy atom. The first-order valence-electron chi connectivity index (χ1n) is 7.33. The topological polar surface area (TPSA) is 39.1 Å². The lowest BCUT2D eigenvalue weighted by molar-refractivity contribution is 0.154. The fourth-order valence-corrected chi connectivity index (χ4v) is 3.02. The van der Waals surface area contributed by atoms with Crippen molar-refractivity contribution in [3.63, 3.8) is 0 Å². The average Bonchev–Trinajstić information content (AvgIpc) is 2.89. The first-order valence-corrected chi connectivity index (χ1v) is 7.33. The summed E-state index contributed by atoms with van der Waals surface area (Å²) in [5.74, 6) is 0.951. The molecule has 18 heavy (non-hydrogen) atoms. The Balaban J connectivity index is 1.58. The molecule has 1 saturated carbocycles. The molecule has 0 spiro atoms. The Morgan fingerprint density at radius 2 is 2.06 bits per heavy atom. The van der Waals surface area contributed by atoms with Gasteiger partial charge in [0.05, 0.1) is 24.5 Å². The van der Waals surface area contributed by atoms with Gasteiger partial charge in [0.15, 0.2) is 5.75 Å². The van der Waals surface area contributed by atoms with Crippen molar-refractivity contribution in [3.05, 3.63) is 12.4 Å². The molecule has 2 aliphatic rings. The zero-order valence-electron chi connectivity index (χ0n) is 11.0. The minimum absolute atomic E-state index is 0.417. The largest absolute Gasteiger partial charge is 0.487 e. The molecule has 0 amide bonds. The molecule has 2 heterocycles. The van der Waals surface area contributed by atoms with E-state index >= 15 is 0 Å².